The molecule has 6 heteroatoms. The van der Waals surface area contributed by atoms with E-state index >= 15 is 0 Å². The van der Waals surface area contributed by atoms with Gasteiger partial charge in [0, 0.05) is 15.6 Å². The van der Waals surface area contributed by atoms with Crippen LogP contribution in [0.5, 0.6) is 0 Å². The molecule has 1 heterocycles. The number of aromatic carboxylic acids is 1. The number of carbonyl (C=O) groups is 1. The highest BCUT2D eigenvalue weighted by Gasteiger charge is 2.13. The van der Waals surface area contributed by atoms with Gasteiger partial charge in [0.1, 0.15) is 0 Å². The average molecular weight is 345 g/mol. The highest BCUT2D eigenvalue weighted by molar-refractivity contribution is 9.10. The van der Waals surface area contributed by atoms with Crippen LogP contribution >= 0.6 is 15.9 Å². The van der Waals surface area contributed by atoms with Gasteiger partial charge < -0.3 is 9.63 Å². The summed E-state index contributed by atoms with van der Waals surface area (Å²) >= 11 is 3.44. The van der Waals surface area contributed by atoms with Crippen molar-refractivity contribution in [3.05, 3.63) is 58.6 Å². The summed E-state index contributed by atoms with van der Waals surface area (Å²) in [5, 5.41) is 12.8. The minimum Gasteiger partial charge on any atom is -0.478 e. The van der Waals surface area contributed by atoms with Crippen LogP contribution < -0.4 is 0 Å². The van der Waals surface area contributed by atoms with E-state index in [1.807, 2.05) is 24.3 Å². The number of aromatic nitrogens is 2. The number of rotatable bonds is 3. The Bertz CT molecular complexity index is 797. The van der Waals surface area contributed by atoms with Crippen LogP contribution in [0.15, 0.2) is 57.5 Å². The van der Waals surface area contributed by atoms with Gasteiger partial charge in [-0.2, -0.15) is 4.98 Å². The smallest absolute Gasteiger partial charge is 0.335 e. The maximum Gasteiger partial charge on any atom is 0.335 e. The molecular weight excluding hydrogens is 336 g/mol. The third-order valence-electron chi connectivity index (χ3n) is 2.92. The number of nitrogens with zero attached hydrogens (tertiary/aromatic N) is 2. The minimum absolute atomic E-state index is 0.212. The van der Waals surface area contributed by atoms with Crippen LogP contribution in [0.25, 0.3) is 22.8 Å². The summed E-state index contributed by atoms with van der Waals surface area (Å²) < 4.78 is 6.10. The van der Waals surface area contributed by atoms with E-state index in [1.165, 1.54) is 12.1 Å². The number of carboxylic acid groups (broad SMARTS) is 1. The van der Waals surface area contributed by atoms with Crippen molar-refractivity contribution in [1.29, 1.82) is 0 Å². The van der Waals surface area contributed by atoms with Crippen LogP contribution in [0.1, 0.15) is 10.4 Å². The number of hydrogen-bond acceptors (Lipinski definition) is 4. The van der Waals surface area contributed by atoms with E-state index in [9.17, 15) is 4.79 Å². The molecule has 0 aliphatic rings. The Labute approximate surface area is 128 Å². The maximum absolute atomic E-state index is 10.8. The summed E-state index contributed by atoms with van der Waals surface area (Å²) in [6, 6.07) is 13.8. The third kappa shape index (κ3) is 2.71. The Balaban J connectivity index is 1.95. The molecule has 0 fully saturated rings. The standard InChI is InChI=1S/C15H9BrN2O3/c16-12-4-2-1-3-11(12)13-17-14(21-18-13)9-5-7-10(8-6-9)15(19)20/h1-8H,(H,19,20). The fourth-order valence-electron chi connectivity index (χ4n) is 1.85. The zero-order chi connectivity index (χ0) is 14.8. The van der Waals surface area contributed by atoms with Gasteiger partial charge >= 0.3 is 5.97 Å². The Hall–Kier alpha value is -2.47. The van der Waals surface area contributed by atoms with Crippen molar-refractivity contribution >= 4 is 21.9 Å². The SMILES string of the molecule is O=C(O)c1ccc(-c2nc(-c3ccccc3Br)no2)cc1. The predicted molar refractivity (Wildman–Crippen MR) is 79.8 cm³/mol. The van der Waals surface area contributed by atoms with Gasteiger partial charge in [-0.15, -0.1) is 0 Å². The molecule has 0 saturated carbocycles. The zero-order valence-corrected chi connectivity index (χ0v) is 12.2. The molecule has 104 valence electrons. The molecule has 21 heavy (non-hydrogen) atoms. The van der Waals surface area contributed by atoms with Crippen molar-refractivity contribution in [2.45, 2.75) is 0 Å². The predicted octanol–water partition coefficient (Wildman–Crippen LogP) is 3.86. The summed E-state index contributed by atoms with van der Waals surface area (Å²) in [6.45, 7) is 0. The van der Waals surface area contributed by atoms with Crippen LogP contribution in [0.2, 0.25) is 0 Å². The first kappa shape index (κ1) is 13.5. The van der Waals surface area contributed by atoms with E-state index in [0.29, 0.717) is 17.3 Å². The van der Waals surface area contributed by atoms with Gasteiger partial charge in [0.05, 0.1) is 5.56 Å². The van der Waals surface area contributed by atoms with Crippen LogP contribution in [0.3, 0.4) is 0 Å². The second-order valence-corrected chi connectivity index (χ2v) is 5.14. The number of carboxylic acids is 1. The van der Waals surface area contributed by atoms with Gasteiger partial charge in [0.25, 0.3) is 5.89 Å². The number of hydrogen-bond donors (Lipinski definition) is 1. The molecule has 2 aromatic carbocycles. The molecule has 5 nitrogen and oxygen atoms in total. The van der Waals surface area contributed by atoms with Crippen molar-refractivity contribution in [3.63, 3.8) is 0 Å². The van der Waals surface area contributed by atoms with E-state index in [2.05, 4.69) is 26.1 Å². The van der Waals surface area contributed by atoms with Crippen molar-refractivity contribution in [3.8, 4) is 22.8 Å². The molecule has 3 rings (SSSR count). The molecule has 1 N–H and O–H groups in total. The van der Waals surface area contributed by atoms with Gasteiger partial charge in [0.2, 0.25) is 5.82 Å². The Kier molecular flexibility index (Phi) is 3.53. The molecule has 0 unspecified atom stereocenters. The molecule has 0 spiro atoms. The van der Waals surface area contributed by atoms with Crippen LogP contribution in [0.4, 0.5) is 0 Å². The Morgan fingerprint density at radius 1 is 1.10 bits per heavy atom. The summed E-state index contributed by atoms with van der Waals surface area (Å²) in [5.74, 6) is -0.154. The lowest BCUT2D eigenvalue weighted by Gasteiger charge is -1.97. The molecule has 0 aliphatic heterocycles. The lowest BCUT2D eigenvalue weighted by molar-refractivity contribution is 0.0697. The van der Waals surface area contributed by atoms with Crippen molar-refractivity contribution in [1.82, 2.24) is 10.1 Å². The van der Waals surface area contributed by atoms with E-state index in [-0.39, 0.29) is 5.56 Å². The molecule has 0 atom stereocenters. The summed E-state index contributed by atoms with van der Waals surface area (Å²) in [4.78, 5) is 15.1. The Morgan fingerprint density at radius 3 is 2.48 bits per heavy atom. The lowest BCUT2D eigenvalue weighted by Crippen LogP contribution is -1.94. The normalized spacial score (nSPS) is 10.5. The Morgan fingerprint density at radius 2 is 1.81 bits per heavy atom. The van der Waals surface area contributed by atoms with Gasteiger partial charge in [-0.25, -0.2) is 4.79 Å². The molecule has 0 aliphatic carbocycles. The molecule has 0 bridgehead atoms. The first-order valence-corrected chi connectivity index (χ1v) is 6.87. The van der Waals surface area contributed by atoms with Crippen molar-refractivity contribution in [2.75, 3.05) is 0 Å². The molecular formula is C15H9BrN2O3. The molecule has 3 aromatic rings. The fraction of sp³-hybridized carbons (Fsp3) is 0. The summed E-state index contributed by atoms with van der Waals surface area (Å²) in [7, 11) is 0. The fourth-order valence-corrected chi connectivity index (χ4v) is 2.31. The largest absolute Gasteiger partial charge is 0.478 e. The van der Waals surface area contributed by atoms with Gasteiger partial charge in [-0.05, 0) is 36.4 Å². The van der Waals surface area contributed by atoms with E-state index in [4.69, 9.17) is 9.63 Å². The zero-order valence-electron chi connectivity index (χ0n) is 10.7. The summed E-state index contributed by atoms with van der Waals surface area (Å²) in [5.41, 5.74) is 1.71. The van der Waals surface area contributed by atoms with Crippen LogP contribution in [-0.2, 0) is 0 Å². The second-order valence-electron chi connectivity index (χ2n) is 4.29. The summed E-state index contributed by atoms with van der Waals surface area (Å²) in [6.07, 6.45) is 0. The topological polar surface area (TPSA) is 76.2 Å². The third-order valence-corrected chi connectivity index (χ3v) is 3.61. The quantitative estimate of drug-likeness (QED) is 0.780. The minimum atomic E-state index is -0.971. The highest BCUT2D eigenvalue weighted by atomic mass is 79.9. The van der Waals surface area contributed by atoms with Crippen molar-refractivity contribution < 1.29 is 14.4 Å². The average Bonchev–Trinajstić information content (AvgIpc) is 2.97. The molecule has 0 saturated heterocycles. The van der Waals surface area contributed by atoms with Gasteiger partial charge in [0.15, 0.2) is 0 Å². The van der Waals surface area contributed by atoms with Crippen molar-refractivity contribution in [2.24, 2.45) is 0 Å². The second kappa shape index (κ2) is 5.49. The van der Waals surface area contributed by atoms with Gasteiger partial charge in [-0.1, -0.05) is 33.2 Å². The monoisotopic (exact) mass is 344 g/mol. The highest BCUT2D eigenvalue weighted by Crippen LogP contribution is 2.27. The first-order chi connectivity index (χ1) is 10.1. The number of benzene rings is 2. The van der Waals surface area contributed by atoms with E-state index in [1.54, 1.807) is 12.1 Å². The van der Waals surface area contributed by atoms with E-state index in [0.717, 1.165) is 10.0 Å². The van der Waals surface area contributed by atoms with Crippen LogP contribution in [0, 0.1) is 0 Å². The molecule has 0 radical (unpaired) electrons. The van der Waals surface area contributed by atoms with Crippen LogP contribution in [-0.4, -0.2) is 21.2 Å². The first-order valence-electron chi connectivity index (χ1n) is 6.07. The van der Waals surface area contributed by atoms with Gasteiger partial charge in [-0.3, -0.25) is 0 Å². The molecule has 1 aromatic heterocycles. The molecule has 0 amide bonds. The van der Waals surface area contributed by atoms with E-state index < -0.39 is 5.97 Å². The lowest BCUT2D eigenvalue weighted by atomic mass is 10.1. The number of halogens is 1. The maximum atomic E-state index is 10.8.